The number of Topliss-reactive ketones (excluding diaryl/α,β-unsaturated/α-hetero) is 1. The minimum Gasteiger partial charge on any atom is -0.299 e. The standard InChI is InChI=1S/C16H27NO/c1-13(2)10-12-17-11-6-5-8-15(17)14-7-3-4-9-16(14)18/h10,14-15H,3-9,11-12H2,1-2H3. The Morgan fingerprint density at radius 1 is 1.22 bits per heavy atom. The predicted octanol–water partition coefficient (Wildman–Crippen LogP) is 3.57. The van der Waals surface area contributed by atoms with E-state index in [1.54, 1.807) is 0 Å². The summed E-state index contributed by atoms with van der Waals surface area (Å²) in [5, 5.41) is 0. The van der Waals surface area contributed by atoms with Crippen LogP contribution in [0, 0.1) is 5.92 Å². The number of allylic oxidation sites excluding steroid dienone is 1. The van der Waals surface area contributed by atoms with Crippen LogP contribution in [0.4, 0.5) is 0 Å². The first-order valence-corrected chi connectivity index (χ1v) is 7.58. The van der Waals surface area contributed by atoms with Crippen LogP contribution in [0.15, 0.2) is 11.6 Å². The fourth-order valence-electron chi connectivity index (χ4n) is 3.42. The van der Waals surface area contributed by atoms with E-state index >= 15 is 0 Å². The second-order valence-corrected chi connectivity index (χ2v) is 6.16. The minimum absolute atomic E-state index is 0.338. The Balaban J connectivity index is 2.02. The number of carbonyl (C=O) groups excluding carboxylic acids is 1. The van der Waals surface area contributed by atoms with Crippen LogP contribution in [-0.4, -0.2) is 29.8 Å². The molecule has 1 saturated heterocycles. The molecule has 1 heterocycles. The molecule has 1 aliphatic carbocycles. The van der Waals surface area contributed by atoms with E-state index in [-0.39, 0.29) is 0 Å². The Hall–Kier alpha value is -0.630. The number of carbonyl (C=O) groups is 1. The molecule has 102 valence electrons. The van der Waals surface area contributed by atoms with Crippen LogP contribution >= 0.6 is 0 Å². The van der Waals surface area contributed by atoms with Crippen molar-refractivity contribution in [3.8, 4) is 0 Å². The largest absolute Gasteiger partial charge is 0.299 e. The number of nitrogens with zero attached hydrogens (tertiary/aromatic N) is 1. The molecule has 0 N–H and O–H groups in total. The number of hydrogen-bond donors (Lipinski definition) is 0. The zero-order chi connectivity index (χ0) is 13.0. The van der Waals surface area contributed by atoms with Crippen LogP contribution in [0.25, 0.3) is 0 Å². The molecule has 2 nitrogen and oxygen atoms in total. The lowest BCUT2D eigenvalue weighted by Crippen LogP contribution is -2.47. The van der Waals surface area contributed by atoms with Crippen LogP contribution in [0.5, 0.6) is 0 Å². The molecule has 0 aromatic heterocycles. The third kappa shape index (κ3) is 3.44. The van der Waals surface area contributed by atoms with Crippen LogP contribution in [-0.2, 0) is 4.79 Å². The average molecular weight is 249 g/mol. The molecular weight excluding hydrogens is 222 g/mol. The van der Waals surface area contributed by atoms with Gasteiger partial charge in [-0.1, -0.05) is 24.5 Å². The van der Waals surface area contributed by atoms with Gasteiger partial charge in [0.15, 0.2) is 0 Å². The van der Waals surface area contributed by atoms with Gasteiger partial charge >= 0.3 is 0 Å². The van der Waals surface area contributed by atoms with E-state index in [1.165, 1.54) is 37.8 Å². The fourth-order valence-corrected chi connectivity index (χ4v) is 3.42. The van der Waals surface area contributed by atoms with E-state index in [0.717, 1.165) is 25.8 Å². The minimum atomic E-state index is 0.338. The predicted molar refractivity (Wildman–Crippen MR) is 75.6 cm³/mol. The number of hydrogen-bond acceptors (Lipinski definition) is 2. The maximum Gasteiger partial charge on any atom is 0.137 e. The van der Waals surface area contributed by atoms with Crippen molar-refractivity contribution in [2.45, 2.75) is 64.8 Å². The van der Waals surface area contributed by atoms with E-state index in [2.05, 4.69) is 24.8 Å². The number of rotatable bonds is 3. The van der Waals surface area contributed by atoms with Gasteiger partial charge in [-0.2, -0.15) is 0 Å². The monoisotopic (exact) mass is 249 g/mol. The Morgan fingerprint density at radius 3 is 2.72 bits per heavy atom. The highest BCUT2D eigenvalue weighted by Gasteiger charge is 2.34. The van der Waals surface area contributed by atoms with Crippen molar-refractivity contribution in [3.05, 3.63) is 11.6 Å². The van der Waals surface area contributed by atoms with Gasteiger partial charge in [-0.3, -0.25) is 9.69 Å². The molecule has 0 bridgehead atoms. The SMILES string of the molecule is CC(C)=CCN1CCCCC1C1CCCCC1=O. The summed E-state index contributed by atoms with van der Waals surface area (Å²) in [5.41, 5.74) is 1.38. The zero-order valence-corrected chi connectivity index (χ0v) is 12.0. The van der Waals surface area contributed by atoms with Crippen LogP contribution in [0.1, 0.15) is 58.8 Å². The molecule has 18 heavy (non-hydrogen) atoms. The Kier molecular flexibility index (Phi) is 4.99. The molecule has 1 saturated carbocycles. The van der Waals surface area contributed by atoms with Gasteiger partial charge in [0.1, 0.15) is 5.78 Å². The number of piperidine rings is 1. The normalized spacial score (nSPS) is 30.2. The molecule has 0 radical (unpaired) electrons. The van der Waals surface area contributed by atoms with Crippen molar-refractivity contribution in [2.24, 2.45) is 5.92 Å². The van der Waals surface area contributed by atoms with Gasteiger partial charge in [0.2, 0.25) is 0 Å². The first kappa shape index (κ1) is 13.8. The highest BCUT2D eigenvalue weighted by molar-refractivity contribution is 5.82. The maximum absolute atomic E-state index is 12.1. The summed E-state index contributed by atoms with van der Waals surface area (Å²) in [4.78, 5) is 14.7. The Morgan fingerprint density at radius 2 is 2.00 bits per heavy atom. The average Bonchev–Trinajstić information content (AvgIpc) is 2.37. The molecule has 2 heteroatoms. The molecule has 2 aliphatic rings. The Labute approximate surface area is 111 Å². The lowest BCUT2D eigenvalue weighted by Gasteiger charge is -2.40. The maximum atomic E-state index is 12.1. The lowest BCUT2D eigenvalue weighted by atomic mass is 9.79. The molecule has 0 aromatic carbocycles. The summed E-state index contributed by atoms with van der Waals surface area (Å²) < 4.78 is 0. The second kappa shape index (κ2) is 6.51. The Bertz CT molecular complexity index is 317. The summed E-state index contributed by atoms with van der Waals surface area (Å²) in [6.45, 7) is 6.53. The van der Waals surface area contributed by atoms with E-state index in [0.29, 0.717) is 17.7 Å². The topological polar surface area (TPSA) is 20.3 Å². The van der Waals surface area contributed by atoms with Crippen molar-refractivity contribution >= 4 is 5.78 Å². The van der Waals surface area contributed by atoms with Crippen LogP contribution in [0.2, 0.25) is 0 Å². The lowest BCUT2D eigenvalue weighted by molar-refractivity contribution is -0.127. The summed E-state index contributed by atoms with van der Waals surface area (Å²) in [6, 6.07) is 0.530. The van der Waals surface area contributed by atoms with Crippen molar-refractivity contribution in [1.29, 1.82) is 0 Å². The van der Waals surface area contributed by atoms with Gasteiger partial charge in [0, 0.05) is 24.9 Å². The van der Waals surface area contributed by atoms with Crippen molar-refractivity contribution in [1.82, 2.24) is 4.90 Å². The van der Waals surface area contributed by atoms with Gasteiger partial charge < -0.3 is 0 Å². The number of likely N-dealkylation sites (tertiary alicyclic amines) is 1. The number of ketones is 1. The molecular formula is C16H27NO. The van der Waals surface area contributed by atoms with Gasteiger partial charge in [-0.25, -0.2) is 0 Å². The highest BCUT2D eigenvalue weighted by atomic mass is 16.1. The van der Waals surface area contributed by atoms with E-state index in [4.69, 9.17) is 0 Å². The summed E-state index contributed by atoms with van der Waals surface area (Å²) in [6.07, 6.45) is 10.5. The molecule has 1 aliphatic heterocycles. The zero-order valence-electron chi connectivity index (χ0n) is 12.0. The molecule has 2 unspecified atom stereocenters. The van der Waals surface area contributed by atoms with Crippen molar-refractivity contribution in [3.63, 3.8) is 0 Å². The van der Waals surface area contributed by atoms with E-state index in [1.807, 2.05) is 0 Å². The first-order valence-electron chi connectivity index (χ1n) is 7.58. The smallest absolute Gasteiger partial charge is 0.137 e. The van der Waals surface area contributed by atoms with Crippen LogP contribution < -0.4 is 0 Å². The van der Waals surface area contributed by atoms with Crippen molar-refractivity contribution < 1.29 is 4.79 Å². The molecule has 0 amide bonds. The van der Waals surface area contributed by atoms with E-state index < -0.39 is 0 Å². The fraction of sp³-hybridized carbons (Fsp3) is 0.812. The van der Waals surface area contributed by atoms with Gasteiger partial charge in [-0.15, -0.1) is 0 Å². The van der Waals surface area contributed by atoms with E-state index in [9.17, 15) is 4.79 Å². The molecule has 0 aromatic rings. The molecule has 2 atom stereocenters. The van der Waals surface area contributed by atoms with Crippen LogP contribution in [0.3, 0.4) is 0 Å². The van der Waals surface area contributed by atoms with Gasteiger partial charge in [0.05, 0.1) is 0 Å². The second-order valence-electron chi connectivity index (χ2n) is 6.16. The van der Waals surface area contributed by atoms with Gasteiger partial charge in [-0.05, 0) is 46.1 Å². The quantitative estimate of drug-likeness (QED) is 0.713. The molecule has 0 spiro atoms. The highest BCUT2D eigenvalue weighted by Crippen LogP contribution is 2.31. The molecule has 2 fully saturated rings. The first-order chi connectivity index (χ1) is 8.68. The van der Waals surface area contributed by atoms with Gasteiger partial charge in [0.25, 0.3) is 0 Å². The summed E-state index contributed by atoms with van der Waals surface area (Å²) in [5.74, 6) is 0.875. The van der Waals surface area contributed by atoms with Crippen molar-refractivity contribution in [2.75, 3.05) is 13.1 Å². The summed E-state index contributed by atoms with van der Waals surface area (Å²) >= 11 is 0. The summed E-state index contributed by atoms with van der Waals surface area (Å²) in [7, 11) is 0. The third-order valence-corrected chi connectivity index (χ3v) is 4.46. The third-order valence-electron chi connectivity index (χ3n) is 4.46. The molecule has 2 rings (SSSR count).